The number of carbonyl (C=O) groups excluding carboxylic acids is 3. The molecular weight excluding hydrogens is 523 g/mol. The summed E-state index contributed by atoms with van der Waals surface area (Å²) in [6, 6.07) is 17.2. The number of nitrogens with zero attached hydrogens (tertiary/aromatic N) is 2. The summed E-state index contributed by atoms with van der Waals surface area (Å²) in [5.74, 6) is -2.31. The third-order valence-electron chi connectivity index (χ3n) is 7.52. The van der Waals surface area contributed by atoms with Gasteiger partial charge in [-0.3, -0.25) is 14.6 Å². The summed E-state index contributed by atoms with van der Waals surface area (Å²) in [6.45, 7) is 5.32. The number of hydrazone groups is 1. The Morgan fingerprint density at radius 3 is 2.18 bits per heavy atom. The van der Waals surface area contributed by atoms with Crippen LogP contribution in [0.3, 0.4) is 0 Å². The smallest absolute Gasteiger partial charge is 0.331 e. The topological polar surface area (TPSA) is 76.0 Å². The molecule has 38 heavy (non-hydrogen) atoms. The second kappa shape index (κ2) is 8.52. The van der Waals surface area contributed by atoms with Crippen LogP contribution < -0.4 is 0 Å². The van der Waals surface area contributed by atoms with Crippen LogP contribution in [0.25, 0.3) is 0 Å². The lowest BCUT2D eigenvalue weighted by molar-refractivity contribution is -0.161. The van der Waals surface area contributed by atoms with Gasteiger partial charge >= 0.3 is 5.97 Å². The standard InChI is InChI=1S/C30H24Cl2N2O4/c1-29(2,3)38-28(37)24-23(21-13-12-17(31)14-22(21)32)30(26(35)19-10-6-7-11-20(19)27(30)36)25-18-9-5-4-8-16(18)15-33-34(24)25/h4-15,23-25H,1-3H3/t23-,24+,25-/m0/s1. The molecule has 1 spiro atoms. The molecule has 192 valence electrons. The Morgan fingerprint density at radius 1 is 0.921 bits per heavy atom. The first kappa shape index (κ1) is 24.8. The van der Waals surface area contributed by atoms with Gasteiger partial charge < -0.3 is 4.74 Å². The van der Waals surface area contributed by atoms with Crippen molar-refractivity contribution in [3.8, 4) is 0 Å². The molecule has 0 radical (unpaired) electrons. The second-order valence-corrected chi connectivity index (χ2v) is 11.7. The Labute approximate surface area is 230 Å². The molecule has 3 aromatic rings. The van der Waals surface area contributed by atoms with Crippen LogP contribution in [0, 0.1) is 5.41 Å². The minimum absolute atomic E-state index is 0.254. The van der Waals surface area contributed by atoms with Crippen molar-refractivity contribution < 1.29 is 19.1 Å². The van der Waals surface area contributed by atoms with E-state index in [-0.39, 0.29) is 16.6 Å². The SMILES string of the molecule is CC(C)(C)OC(=O)[C@H]1[C@H](c2ccc(Cl)cc2Cl)C2(C(=O)c3ccccc3C2=O)[C@@H]2c3ccccc3C=NN21. The number of benzene rings is 3. The van der Waals surface area contributed by atoms with Crippen LogP contribution in [-0.2, 0) is 9.53 Å². The van der Waals surface area contributed by atoms with Crippen LogP contribution >= 0.6 is 23.2 Å². The Kier molecular flexibility index (Phi) is 5.57. The molecule has 0 unspecified atom stereocenters. The van der Waals surface area contributed by atoms with Crippen LogP contribution in [-0.4, -0.2) is 40.4 Å². The normalized spacial score (nSPS) is 22.9. The van der Waals surface area contributed by atoms with E-state index in [9.17, 15) is 14.4 Å². The van der Waals surface area contributed by atoms with E-state index in [1.165, 1.54) is 0 Å². The summed E-state index contributed by atoms with van der Waals surface area (Å²) >= 11 is 13.0. The predicted molar refractivity (Wildman–Crippen MR) is 145 cm³/mol. The van der Waals surface area contributed by atoms with Gasteiger partial charge in [-0.05, 0) is 49.6 Å². The quantitative estimate of drug-likeness (QED) is 0.280. The highest BCUT2D eigenvalue weighted by Gasteiger charge is 2.73. The molecular formula is C30H24Cl2N2O4. The molecule has 0 bridgehead atoms. The lowest BCUT2D eigenvalue weighted by Gasteiger charge is -2.36. The fraction of sp³-hybridized carbons (Fsp3) is 0.267. The predicted octanol–water partition coefficient (Wildman–Crippen LogP) is 6.26. The lowest BCUT2D eigenvalue weighted by atomic mass is 9.63. The molecule has 1 aliphatic carbocycles. The number of ether oxygens (including phenoxy) is 1. The zero-order valence-electron chi connectivity index (χ0n) is 20.9. The zero-order chi connectivity index (χ0) is 27.0. The monoisotopic (exact) mass is 546 g/mol. The Morgan fingerprint density at radius 2 is 1.55 bits per heavy atom. The molecule has 3 aliphatic rings. The summed E-state index contributed by atoms with van der Waals surface area (Å²) < 4.78 is 5.88. The Bertz CT molecular complexity index is 1520. The maximum Gasteiger partial charge on any atom is 0.331 e. The van der Waals surface area contributed by atoms with Crippen molar-refractivity contribution in [2.75, 3.05) is 0 Å². The largest absolute Gasteiger partial charge is 0.458 e. The van der Waals surface area contributed by atoms with Gasteiger partial charge in [-0.15, -0.1) is 0 Å². The van der Waals surface area contributed by atoms with E-state index in [1.807, 2.05) is 24.3 Å². The molecule has 0 aromatic heterocycles. The van der Waals surface area contributed by atoms with Crippen LogP contribution in [0.15, 0.2) is 71.8 Å². The number of ketones is 2. The van der Waals surface area contributed by atoms with Crippen LogP contribution in [0.4, 0.5) is 0 Å². The van der Waals surface area contributed by atoms with Gasteiger partial charge in [-0.2, -0.15) is 5.10 Å². The highest BCUT2D eigenvalue weighted by molar-refractivity contribution is 6.36. The van der Waals surface area contributed by atoms with Crippen molar-refractivity contribution in [1.29, 1.82) is 0 Å². The average Bonchev–Trinajstić information content (AvgIpc) is 3.30. The first-order chi connectivity index (χ1) is 18.1. The molecule has 0 saturated carbocycles. The van der Waals surface area contributed by atoms with Crippen molar-refractivity contribution in [2.24, 2.45) is 10.5 Å². The molecule has 6 nitrogen and oxygen atoms in total. The van der Waals surface area contributed by atoms with Crippen LogP contribution in [0.1, 0.15) is 70.1 Å². The molecule has 3 aromatic carbocycles. The van der Waals surface area contributed by atoms with Crippen molar-refractivity contribution in [3.05, 3.63) is 105 Å². The summed E-state index contributed by atoms with van der Waals surface area (Å²) in [5.41, 5.74) is 0.0862. The van der Waals surface area contributed by atoms with Gasteiger partial charge in [0.25, 0.3) is 0 Å². The molecule has 2 aliphatic heterocycles. The second-order valence-electron chi connectivity index (χ2n) is 10.9. The van der Waals surface area contributed by atoms with Gasteiger partial charge in [-0.25, -0.2) is 4.79 Å². The number of hydrogen-bond donors (Lipinski definition) is 0. The fourth-order valence-electron chi connectivity index (χ4n) is 6.21. The molecule has 0 N–H and O–H groups in total. The van der Waals surface area contributed by atoms with Gasteiger partial charge in [0.05, 0.1) is 12.3 Å². The van der Waals surface area contributed by atoms with Crippen molar-refractivity contribution in [3.63, 3.8) is 0 Å². The van der Waals surface area contributed by atoms with E-state index in [1.54, 1.807) is 74.5 Å². The lowest BCUT2D eigenvalue weighted by Crippen LogP contribution is -2.44. The minimum Gasteiger partial charge on any atom is -0.458 e. The molecule has 1 saturated heterocycles. The van der Waals surface area contributed by atoms with Crippen LogP contribution in [0.2, 0.25) is 10.0 Å². The summed E-state index contributed by atoms with van der Waals surface area (Å²) in [5, 5.41) is 6.90. The fourth-order valence-corrected chi connectivity index (χ4v) is 6.73. The number of esters is 1. The third-order valence-corrected chi connectivity index (χ3v) is 8.08. The summed E-state index contributed by atoms with van der Waals surface area (Å²) in [4.78, 5) is 43.2. The molecule has 3 atom stereocenters. The van der Waals surface area contributed by atoms with Gasteiger partial charge in [0, 0.05) is 27.1 Å². The Hall–Kier alpha value is -3.48. The molecule has 8 heteroatoms. The van der Waals surface area contributed by atoms with Gasteiger partial charge in [0.2, 0.25) is 0 Å². The van der Waals surface area contributed by atoms with Crippen molar-refractivity contribution in [2.45, 2.75) is 44.4 Å². The number of carbonyl (C=O) groups is 3. The number of fused-ring (bicyclic) bond motifs is 5. The van der Waals surface area contributed by atoms with Crippen molar-refractivity contribution in [1.82, 2.24) is 5.01 Å². The third kappa shape index (κ3) is 3.40. The molecule has 6 rings (SSSR count). The number of rotatable bonds is 2. The summed E-state index contributed by atoms with van der Waals surface area (Å²) in [7, 11) is 0. The van der Waals surface area contributed by atoms with Gasteiger partial charge in [0.1, 0.15) is 11.0 Å². The molecule has 1 fully saturated rings. The van der Waals surface area contributed by atoms with Crippen LogP contribution in [0.5, 0.6) is 0 Å². The van der Waals surface area contributed by atoms with E-state index in [4.69, 9.17) is 27.9 Å². The first-order valence-corrected chi connectivity index (χ1v) is 13.1. The van der Waals surface area contributed by atoms with E-state index in [0.717, 1.165) is 11.1 Å². The van der Waals surface area contributed by atoms with E-state index < -0.39 is 35.0 Å². The maximum atomic E-state index is 14.6. The molecule has 2 heterocycles. The van der Waals surface area contributed by atoms with E-state index in [2.05, 4.69) is 5.10 Å². The summed E-state index contributed by atoms with van der Waals surface area (Å²) in [6.07, 6.45) is 1.65. The number of halogens is 2. The molecule has 0 amide bonds. The number of Topliss-reactive ketones (excluding diaryl/α,β-unsaturated/α-hetero) is 2. The van der Waals surface area contributed by atoms with E-state index in [0.29, 0.717) is 21.7 Å². The minimum atomic E-state index is -1.71. The average molecular weight is 547 g/mol. The maximum absolute atomic E-state index is 14.6. The highest BCUT2D eigenvalue weighted by Crippen LogP contribution is 2.65. The number of hydrogen-bond acceptors (Lipinski definition) is 6. The van der Waals surface area contributed by atoms with Gasteiger partial charge in [0.15, 0.2) is 17.6 Å². The van der Waals surface area contributed by atoms with Gasteiger partial charge in [-0.1, -0.05) is 77.8 Å². The highest BCUT2D eigenvalue weighted by atomic mass is 35.5. The Balaban J connectivity index is 1.70. The first-order valence-electron chi connectivity index (χ1n) is 12.3. The zero-order valence-corrected chi connectivity index (χ0v) is 22.5. The van der Waals surface area contributed by atoms with E-state index >= 15 is 0 Å². The van der Waals surface area contributed by atoms with Crippen molar-refractivity contribution >= 4 is 47.0 Å².